The Bertz CT molecular complexity index is 2590. The number of thioether (sulfide) groups is 1. The molecule has 0 saturated heterocycles. The number of aromatic nitrogens is 6. The minimum atomic E-state index is -0.508. The molecule has 4 aromatic carbocycles. The molecule has 2 aliphatic carbocycles. The molecule has 0 amide bonds. The largest absolute Gasteiger partial charge is 1.00 e. The average Bonchev–Trinajstić information content (AvgIpc) is 4.31. The smallest absolute Gasteiger partial charge is 0.662 e. The summed E-state index contributed by atoms with van der Waals surface area (Å²) in [5.41, 5.74) is 5.03. The fourth-order valence-electron chi connectivity index (χ4n) is 6.25. The summed E-state index contributed by atoms with van der Waals surface area (Å²) in [7, 11) is 0. The van der Waals surface area contributed by atoms with Crippen LogP contribution in [-0.4, -0.2) is 94.1 Å². The predicted molar refractivity (Wildman–Crippen MR) is 273 cm³/mol. The van der Waals surface area contributed by atoms with E-state index in [-0.39, 0.29) is 83.8 Å². The van der Waals surface area contributed by atoms with Crippen LogP contribution in [0.15, 0.2) is 90.6 Å². The Balaban J connectivity index is 0.000000338. The minimum absolute atomic E-state index is 0. The molecule has 3 unspecified atom stereocenters. The van der Waals surface area contributed by atoms with Crippen molar-refractivity contribution < 1.29 is 73.5 Å². The first-order valence-electron chi connectivity index (χ1n) is 22.5. The van der Waals surface area contributed by atoms with Gasteiger partial charge in [-0.25, -0.2) is 0 Å². The van der Waals surface area contributed by atoms with Crippen molar-refractivity contribution in [3.8, 4) is 11.4 Å². The third-order valence-electron chi connectivity index (χ3n) is 10.5. The van der Waals surface area contributed by atoms with Gasteiger partial charge in [0.2, 0.25) is 5.24 Å². The number of nitrogens with zero attached hydrogens (tertiary/aromatic N) is 5. The van der Waals surface area contributed by atoms with Crippen LogP contribution in [-0.2, 0) is 33.5 Å². The molecule has 2 saturated carbocycles. The van der Waals surface area contributed by atoms with Crippen molar-refractivity contribution in [2.45, 2.75) is 122 Å². The SMILES string of the molecule is CCC(C)O.CCC(C)OC(=O)CCl.CCC(C)OC(=O)CSc1nncn1-c1ccc(C2CC2)c2ccccc12.O=C(Cl)CCl.O=CO[O-].S=c1[nH]ncn1-c1ccc(C2CC2)c2ccccc12.[Na+]. The van der Waals surface area contributed by atoms with Crippen LogP contribution in [0.4, 0.5) is 0 Å². The van der Waals surface area contributed by atoms with Crippen LogP contribution in [0.3, 0.4) is 0 Å². The number of carbonyl (C=O) groups excluding carboxylic acids is 4. The van der Waals surface area contributed by atoms with Crippen molar-refractivity contribution in [2.24, 2.45) is 0 Å². The second-order valence-electron chi connectivity index (χ2n) is 15.8. The van der Waals surface area contributed by atoms with Crippen molar-refractivity contribution in [1.82, 2.24) is 29.5 Å². The van der Waals surface area contributed by atoms with Gasteiger partial charge in [0.1, 0.15) is 18.5 Å². The van der Waals surface area contributed by atoms with E-state index in [1.807, 2.05) is 43.8 Å². The molecular formula is C49H60Cl3N6NaO9S2. The van der Waals surface area contributed by atoms with Gasteiger partial charge in [-0.15, -0.1) is 33.4 Å². The number of benzene rings is 4. The topological polar surface area (TPSA) is 204 Å². The van der Waals surface area contributed by atoms with Crippen LogP contribution in [0.25, 0.3) is 32.9 Å². The number of fused-ring (bicyclic) bond motifs is 2. The number of hydrogen-bond acceptors (Lipinski definition) is 14. The number of aliphatic hydroxyl groups excluding tert-OH is 1. The van der Waals surface area contributed by atoms with Gasteiger partial charge in [0.15, 0.2) is 9.93 Å². The minimum Gasteiger partial charge on any atom is -0.662 e. The molecule has 0 aliphatic heterocycles. The van der Waals surface area contributed by atoms with Crippen molar-refractivity contribution in [3.63, 3.8) is 0 Å². The van der Waals surface area contributed by atoms with E-state index in [9.17, 15) is 14.4 Å². The van der Waals surface area contributed by atoms with Crippen molar-refractivity contribution >= 4 is 104 Å². The summed E-state index contributed by atoms with van der Waals surface area (Å²) in [4.78, 5) is 43.1. The summed E-state index contributed by atoms with van der Waals surface area (Å²) in [6, 6.07) is 25.8. The van der Waals surface area contributed by atoms with Crippen LogP contribution < -0.4 is 34.8 Å². The predicted octanol–water partition coefficient (Wildman–Crippen LogP) is 7.47. The second-order valence-corrected chi connectivity index (χ2v) is 18.1. The number of ether oxygens (including phenoxy) is 2. The van der Waals surface area contributed by atoms with E-state index in [1.165, 1.54) is 70.1 Å². The summed E-state index contributed by atoms with van der Waals surface area (Å²) < 4.78 is 14.6. The Kier molecular flexibility index (Phi) is 30.0. The Labute approximate surface area is 455 Å². The number of hydrogen-bond donors (Lipinski definition) is 2. The number of nitrogens with one attached hydrogen (secondary N) is 1. The van der Waals surface area contributed by atoms with Gasteiger partial charge in [0, 0.05) is 10.8 Å². The van der Waals surface area contributed by atoms with Crippen LogP contribution in [0.1, 0.15) is 109 Å². The fraction of sp³-hybridized carbons (Fsp3) is 0.429. The normalized spacial score (nSPS) is 13.4. The van der Waals surface area contributed by atoms with Gasteiger partial charge in [0.05, 0.1) is 41.3 Å². The van der Waals surface area contributed by atoms with Crippen LogP contribution in [0, 0.1) is 4.77 Å². The molecule has 2 aliphatic rings. The van der Waals surface area contributed by atoms with E-state index < -0.39 is 5.24 Å². The Morgan fingerprint density at radius 3 is 1.60 bits per heavy atom. The van der Waals surface area contributed by atoms with Gasteiger partial charge in [-0.2, -0.15) is 5.10 Å². The fourth-order valence-corrected chi connectivity index (χ4v) is 7.21. The maximum Gasteiger partial charge on any atom is 1.00 e. The van der Waals surface area contributed by atoms with Crippen molar-refractivity contribution in [3.05, 3.63) is 101 Å². The monoisotopic (exact) mass is 1070 g/mol. The molecule has 2 N–H and O–H groups in total. The van der Waals surface area contributed by atoms with Crippen LogP contribution in [0.5, 0.6) is 0 Å². The molecule has 2 heterocycles. The maximum absolute atomic E-state index is 12.0. The number of halogens is 3. The molecule has 0 radical (unpaired) electrons. The molecule has 2 fully saturated rings. The second kappa shape index (κ2) is 33.7. The number of rotatable bonds is 15. The molecule has 6 aromatic rings. The number of alkyl halides is 2. The summed E-state index contributed by atoms with van der Waals surface area (Å²) in [5.74, 6) is 0.946. The summed E-state index contributed by atoms with van der Waals surface area (Å²) in [6.45, 7) is 11.2. The van der Waals surface area contributed by atoms with Crippen molar-refractivity contribution in [1.29, 1.82) is 0 Å². The first-order valence-corrected chi connectivity index (χ1v) is 25.3. The molecule has 0 bridgehead atoms. The molecule has 15 nitrogen and oxygen atoms in total. The van der Waals surface area contributed by atoms with E-state index in [0.29, 0.717) is 15.8 Å². The summed E-state index contributed by atoms with van der Waals surface area (Å²) >= 11 is 21.4. The van der Waals surface area contributed by atoms with Crippen LogP contribution >= 0.6 is 58.8 Å². The molecule has 0 spiro atoms. The van der Waals surface area contributed by atoms with Crippen LogP contribution in [0.2, 0.25) is 0 Å². The third-order valence-corrected chi connectivity index (χ3v) is 12.4. The Morgan fingerprint density at radius 2 is 1.23 bits per heavy atom. The summed E-state index contributed by atoms with van der Waals surface area (Å²) in [5, 5.41) is 37.1. The zero-order valence-corrected chi connectivity index (χ0v) is 46.4. The Morgan fingerprint density at radius 1 is 0.786 bits per heavy atom. The quantitative estimate of drug-likeness (QED) is 0.0118. The first-order chi connectivity index (χ1) is 33.2. The molecule has 3 atom stereocenters. The molecule has 70 heavy (non-hydrogen) atoms. The van der Waals surface area contributed by atoms with Gasteiger partial charge >= 0.3 is 41.5 Å². The van der Waals surface area contributed by atoms with Crippen molar-refractivity contribution in [2.75, 3.05) is 17.5 Å². The molecule has 2 aromatic heterocycles. The Hall–Kier alpha value is -3.88. The zero-order chi connectivity index (χ0) is 50.9. The standard InChI is InChI=1S/C21H23N3O2S.C15H13N3S.C6H11ClO2.C4H10O.C2H2Cl2O.CH2O3.Na/c1-3-14(2)26-20(25)12-27-21-23-22-13-24(21)19-11-10-16(15-8-9-15)17-6-4-5-7-18(17)19;19-15-17-16-9-18(15)14-8-7-11(10-5-6-10)12-3-1-2-4-13(12)14;1-3-5(2)9-6(8)4-7;1-3-4(2)5;3-1-2(4)5;2-1-4-3;/h4-7,10-11,13-15H,3,8-9,12H2,1-2H3;1-4,7-10H,5-6H2,(H,17,19);5H,3-4H2,1-2H3;4-5H,3H2,1-2H3;1H2;1,3H;/q;;;;;;+1/p-1. The number of H-pyrrole nitrogens is 1. The third kappa shape index (κ3) is 21.1. The number of carbonyl (C=O) groups is 4. The molecule has 21 heteroatoms. The molecule has 8 rings (SSSR count). The molecule has 374 valence electrons. The van der Waals surface area contributed by atoms with Gasteiger partial charge in [-0.05, 0) is 135 Å². The molecular weight excluding hydrogens is 1010 g/mol. The van der Waals surface area contributed by atoms with Gasteiger partial charge in [-0.1, -0.05) is 93.2 Å². The van der Waals surface area contributed by atoms with E-state index in [4.69, 9.17) is 71.7 Å². The van der Waals surface area contributed by atoms with E-state index >= 15 is 0 Å². The van der Waals surface area contributed by atoms with Gasteiger partial charge in [-0.3, -0.25) is 33.4 Å². The maximum atomic E-state index is 12.0. The average molecular weight is 1070 g/mol. The van der Waals surface area contributed by atoms with E-state index in [1.54, 1.807) is 19.6 Å². The first kappa shape index (κ1) is 62.2. The van der Waals surface area contributed by atoms with Gasteiger partial charge in [0.25, 0.3) is 6.47 Å². The number of aliphatic hydroxyl groups is 1. The summed E-state index contributed by atoms with van der Waals surface area (Å²) in [6.07, 6.45) is 10.9. The van der Waals surface area contributed by atoms with E-state index in [2.05, 4.69) is 98.1 Å². The van der Waals surface area contributed by atoms with E-state index in [0.717, 1.165) is 36.6 Å². The number of aromatic amines is 1. The van der Waals surface area contributed by atoms with Gasteiger partial charge < -0.3 is 24.7 Å². The number of esters is 2. The zero-order valence-electron chi connectivity index (χ0n) is 40.5.